The number of nitrogens with one attached hydrogen (secondary N) is 1. The zero-order valence-corrected chi connectivity index (χ0v) is 11.0. The molecule has 0 bridgehead atoms. The number of aliphatic hydroxyl groups excluding tert-OH is 1. The van der Waals surface area contributed by atoms with E-state index < -0.39 is 28.6 Å². The Balaban J connectivity index is 2.97. The summed E-state index contributed by atoms with van der Waals surface area (Å²) in [6, 6.07) is -0.00693. The molecule has 1 aromatic heterocycles. The lowest BCUT2D eigenvalue weighted by atomic mass is 10.3. The lowest BCUT2D eigenvalue weighted by Gasteiger charge is -2.11. The van der Waals surface area contributed by atoms with Gasteiger partial charge in [-0.1, -0.05) is 0 Å². The minimum Gasteiger partial charge on any atom is -0.480 e. The van der Waals surface area contributed by atoms with Crippen LogP contribution in [0.25, 0.3) is 0 Å². The molecule has 0 saturated carbocycles. The molecule has 3 N–H and O–H groups in total. The van der Waals surface area contributed by atoms with Gasteiger partial charge in [-0.2, -0.15) is 4.72 Å². The normalized spacial score (nSPS) is 13.6. The van der Waals surface area contributed by atoms with Gasteiger partial charge in [0, 0.05) is 4.47 Å². The quantitative estimate of drug-likeness (QED) is 0.717. The standard InChI is InChI=1S/C7H8BrNO5S2/c8-4-1-2-15-7(4)16(13,14)9-5(3-10)6(11)12/h1-2,5,9-10H,3H2,(H,11,12)/t5-/m1/s1. The summed E-state index contributed by atoms with van der Waals surface area (Å²) in [4.78, 5) is 10.6. The minimum absolute atomic E-state index is 0.0211. The minimum atomic E-state index is -3.92. The molecule has 0 unspecified atom stereocenters. The topological polar surface area (TPSA) is 104 Å². The van der Waals surface area contributed by atoms with Crippen LogP contribution in [0.2, 0.25) is 0 Å². The summed E-state index contributed by atoms with van der Waals surface area (Å²) >= 11 is 3.98. The maximum Gasteiger partial charge on any atom is 0.324 e. The third-order valence-corrected chi connectivity index (χ3v) is 5.75. The highest BCUT2D eigenvalue weighted by Gasteiger charge is 2.26. The van der Waals surface area contributed by atoms with Gasteiger partial charge in [0.1, 0.15) is 10.3 Å². The fraction of sp³-hybridized carbons (Fsp3) is 0.286. The van der Waals surface area contributed by atoms with Crippen LogP contribution < -0.4 is 4.72 Å². The zero-order chi connectivity index (χ0) is 12.3. The molecule has 0 fully saturated rings. The van der Waals surface area contributed by atoms with Gasteiger partial charge in [0.05, 0.1) is 6.61 Å². The van der Waals surface area contributed by atoms with Crippen LogP contribution in [-0.2, 0) is 14.8 Å². The number of thiophene rings is 1. The number of carbonyl (C=O) groups is 1. The summed E-state index contributed by atoms with van der Waals surface area (Å²) in [5.41, 5.74) is 0. The summed E-state index contributed by atoms with van der Waals surface area (Å²) in [6.45, 7) is -0.808. The molecule has 0 aromatic carbocycles. The maximum absolute atomic E-state index is 11.7. The van der Waals surface area contributed by atoms with Crippen LogP contribution in [0.4, 0.5) is 0 Å². The molecule has 0 aliphatic carbocycles. The first-order valence-electron chi connectivity index (χ1n) is 3.97. The highest BCUT2D eigenvalue weighted by atomic mass is 79.9. The lowest BCUT2D eigenvalue weighted by molar-refractivity contribution is -0.139. The van der Waals surface area contributed by atoms with Gasteiger partial charge in [-0.25, -0.2) is 8.42 Å². The van der Waals surface area contributed by atoms with Gasteiger partial charge >= 0.3 is 5.97 Å². The molecule has 9 heteroatoms. The molecule has 1 atom stereocenters. The Bertz CT molecular complexity index is 483. The summed E-state index contributed by atoms with van der Waals surface area (Å²) in [5.74, 6) is -1.43. The second-order valence-electron chi connectivity index (χ2n) is 2.75. The number of rotatable bonds is 5. The van der Waals surface area contributed by atoms with Crippen LogP contribution in [0.5, 0.6) is 0 Å². The molecular formula is C7H8BrNO5S2. The number of sulfonamides is 1. The maximum atomic E-state index is 11.7. The van der Waals surface area contributed by atoms with Crippen molar-refractivity contribution in [3.63, 3.8) is 0 Å². The van der Waals surface area contributed by atoms with Crippen LogP contribution in [0.15, 0.2) is 20.1 Å². The average molecular weight is 330 g/mol. The van der Waals surface area contributed by atoms with Crippen molar-refractivity contribution in [3.8, 4) is 0 Å². The fourth-order valence-electron chi connectivity index (χ4n) is 0.878. The van der Waals surface area contributed by atoms with Crippen LogP contribution >= 0.6 is 27.3 Å². The Morgan fingerprint density at radius 2 is 2.25 bits per heavy atom. The lowest BCUT2D eigenvalue weighted by Crippen LogP contribution is -2.43. The number of hydrogen-bond donors (Lipinski definition) is 3. The Hall–Kier alpha value is -0.480. The number of carboxylic acids is 1. The average Bonchev–Trinajstić information content (AvgIpc) is 2.61. The van der Waals surface area contributed by atoms with Crippen LogP contribution in [0, 0.1) is 0 Å². The second-order valence-corrected chi connectivity index (χ2v) is 6.43. The third kappa shape index (κ3) is 3.01. The highest BCUT2D eigenvalue weighted by molar-refractivity contribution is 9.10. The van der Waals surface area contributed by atoms with Crippen molar-refractivity contribution in [2.75, 3.05) is 6.61 Å². The smallest absolute Gasteiger partial charge is 0.324 e. The van der Waals surface area contributed by atoms with Gasteiger partial charge < -0.3 is 10.2 Å². The number of carboxylic acid groups (broad SMARTS) is 1. The van der Waals surface area contributed by atoms with Crippen molar-refractivity contribution in [1.29, 1.82) is 0 Å². The van der Waals surface area contributed by atoms with Crippen molar-refractivity contribution < 1.29 is 23.4 Å². The first-order valence-corrected chi connectivity index (χ1v) is 7.13. The van der Waals surface area contributed by atoms with Crippen molar-refractivity contribution in [2.45, 2.75) is 10.3 Å². The van der Waals surface area contributed by atoms with Gasteiger partial charge in [-0.3, -0.25) is 4.79 Å². The molecular weight excluding hydrogens is 322 g/mol. The SMILES string of the molecule is O=C(O)[C@@H](CO)NS(=O)(=O)c1sccc1Br. The zero-order valence-electron chi connectivity index (χ0n) is 7.75. The molecule has 0 aliphatic heterocycles. The van der Waals surface area contributed by atoms with E-state index in [1.807, 2.05) is 4.72 Å². The Morgan fingerprint density at radius 3 is 2.62 bits per heavy atom. The Kier molecular flexibility index (Phi) is 4.44. The molecule has 0 spiro atoms. The van der Waals surface area contributed by atoms with E-state index in [9.17, 15) is 13.2 Å². The van der Waals surface area contributed by atoms with E-state index in [1.54, 1.807) is 5.38 Å². The van der Waals surface area contributed by atoms with E-state index >= 15 is 0 Å². The number of aliphatic carboxylic acids is 1. The van der Waals surface area contributed by atoms with Gasteiger partial charge in [0.15, 0.2) is 0 Å². The van der Waals surface area contributed by atoms with Gasteiger partial charge in [0.25, 0.3) is 10.0 Å². The van der Waals surface area contributed by atoms with E-state index in [2.05, 4.69) is 15.9 Å². The van der Waals surface area contributed by atoms with Crippen molar-refractivity contribution >= 4 is 43.3 Å². The summed E-state index contributed by atoms with van der Waals surface area (Å²) in [6.07, 6.45) is 0. The van der Waals surface area contributed by atoms with Crippen molar-refractivity contribution in [2.24, 2.45) is 0 Å². The molecule has 1 aromatic rings. The van der Waals surface area contributed by atoms with Gasteiger partial charge in [0.2, 0.25) is 0 Å². The van der Waals surface area contributed by atoms with Crippen molar-refractivity contribution in [3.05, 3.63) is 15.9 Å². The summed E-state index contributed by atoms with van der Waals surface area (Å²) in [5, 5.41) is 18.9. The first-order chi connectivity index (χ1) is 7.38. The molecule has 0 saturated heterocycles. The first kappa shape index (κ1) is 13.6. The second kappa shape index (κ2) is 5.23. The molecule has 1 rings (SSSR count). The fourth-order valence-corrected chi connectivity index (χ4v) is 4.41. The van der Waals surface area contributed by atoms with Gasteiger partial charge in [-0.05, 0) is 27.4 Å². The van der Waals surface area contributed by atoms with E-state index in [-0.39, 0.29) is 4.21 Å². The van der Waals surface area contributed by atoms with E-state index in [1.165, 1.54) is 6.07 Å². The molecule has 0 amide bonds. The Morgan fingerprint density at radius 1 is 1.62 bits per heavy atom. The van der Waals surface area contributed by atoms with E-state index in [0.29, 0.717) is 4.47 Å². The van der Waals surface area contributed by atoms with E-state index in [4.69, 9.17) is 10.2 Å². The molecule has 16 heavy (non-hydrogen) atoms. The molecule has 0 aliphatic rings. The number of hydrogen-bond acceptors (Lipinski definition) is 5. The summed E-state index contributed by atoms with van der Waals surface area (Å²) < 4.78 is 25.6. The van der Waals surface area contributed by atoms with E-state index in [0.717, 1.165) is 11.3 Å². The van der Waals surface area contributed by atoms with Crippen molar-refractivity contribution in [1.82, 2.24) is 4.72 Å². The summed E-state index contributed by atoms with van der Waals surface area (Å²) in [7, 11) is -3.92. The molecule has 90 valence electrons. The number of halogens is 1. The monoisotopic (exact) mass is 329 g/mol. The van der Waals surface area contributed by atoms with Crippen LogP contribution in [-0.4, -0.2) is 37.2 Å². The molecule has 6 nitrogen and oxygen atoms in total. The predicted molar refractivity (Wildman–Crippen MR) is 60.9 cm³/mol. The predicted octanol–water partition coefficient (Wildman–Crippen LogP) is 0.234. The van der Waals surface area contributed by atoms with Crippen LogP contribution in [0.1, 0.15) is 0 Å². The molecule has 1 heterocycles. The highest BCUT2D eigenvalue weighted by Crippen LogP contribution is 2.27. The third-order valence-electron chi connectivity index (χ3n) is 1.61. The molecule has 0 radical (unpaired) electrons. The van der Waals surface area contributed by atoms with Crippen LogP contribution in [0.3, 0.4) is 0 Å². The Labute approximate surface area is 104 Å². The van der Waals surface area contributed by atoms with Gasteiger partial charge in [-0.15, -0.1) is 11.3 Å². The largest absolute Gasteiger partial charge is 0.480 e. The number of aliphatic hydroxyl groups is 1.